The topological polar surface area (TPSA) is 82.6 Å². The van der Waals surface area contributed by atoms with Gasteiger partial charge in [-0.2, -0.15) is 5.10 Å². The van der Waals surface area contributed by atoms with Crippen molar-refractivity contribution in [3.05, 3.63) is 71.4 Å². The van der Waals surface area contributed by atoms with Gasteiger partial charge in [-0.1, -0.05) is 17.7 Å². The normalized spacial score (nSPS) is 21.9. The number of pyridine rings is 2. The molecule has 1 aliphatic heterocycles. The number of aromatic nitrogens is 5. The van der Waals surface area contributed by atoms with Gasteiger partial charge < -0.3 is 4.98 Å². The van der Waals surface area contributed by atoms with Crippen LogP contribution in [0.4, 0.5) is 0 Å². The zero-order valence-electron chi connectivity index (χ0n) is 17.0. The van der Waals surface area contributed by atoms with Crippen molar-refractivity contribution in [2.45, 2.75) is 12.8 Å². The molecule has 0 bridgehead atoms. The van der Waals surface area contributed by atoms with Crippen LogP contribution in [0.3, 0.4) is 0 Å². The van der Waals surface area contributed by atoms with Gasteiger partial charge in [0.25, 0.3) is 0 Å². The summed E-state index contributed by atoms with van der Waals surface area (Å²) in [7, 11) is 0. The molecular formula is C25H18N6S. The zero-order valence-corrected chi connectivity index (χ0v) is 17.9. The van der Waals surface area contributed by atoms with Crippen LogP contribution in [0.2, 0.25) is 0 Å². The second-order valence-electron chi connectivity index (χ2n) is 8.19. The first kappa shape index (κ1) is 17.8. The third-order valence-corrected chi connectivity index (χ3v) is 7.05. The molecular weight excluding hydrogens is 416 g/mol. The first-order valence-corrected chi connectivity index (χ1v) is 11.5. The van der Waals surface area contributed by atoms with E-state index in [-0.39, 0.29) is 0 Å². The molecule has 5 aromatic heterocycles. The number of allylic oxidation sites excluding steroid dienone is 3. The van der Waals surface area contributed by atoms with Crippen molar-refractivity contribution < 1.29 is 0 Å². The van der Waals surface area contributed by atoms with Gasteiger partial charge in [0.15, 0.2) is 0 Å². The molecule has 0 radical (unpaired) electrons. The molecule has 0 amide bonds. The average Bonchev–Trinajstić information content (AvgIpc) is 3.25. The Bertz CT molecular complexity index is 1580. The monoisotopic (exact) mass is 434 g/mol. The Morgan fingerprint density at radius 3 is 3.00 bits per heavy atom. The molecule has 7 rings (SSSR count). The highest BCUT2D eigenvalue weighted by atomic mass is 32.1. The summed E-state index contributed by atoms with van der Waals surface area (Å²) < 4.78 is 0. The maximum Gasteiger partial charge on any atom is 0.135 e. The van der Waals surface area contributed by atoms with Crippen LogP contribution in [-0.4, -0.2) is 31.4 Å². The van der Waals surface area contributed by atoms with E-state index in [4.69, 9.17) is 4.98 Å². The highest BCUT2D eigenvalue weighted by Gasteiger charge is 2.28. The van der Waals surface area contributed by atoms with Crippen LogP contribution in [0.5, 0.6) is 0 Å². The molecule has 0 saturated heterocycles. The van der Waals surface area contributed by atoms with Gasteiger partial charge in [0.1, 0.15) is 11.2 Å². The van der Waals surface area contributed by atoms with E-state index in [1.54, 1.807) is 11.3 Å². The smallest absolute Gasteiger partial charge is 0.135 e. The maximum absolute atomic E-state index is 4.96. The molecule has 1 aliphatic carbocycles. The number of aromatic amines is 2. The minimum Gasteiger partial charge on any atom is -0.353 e. The summed E-state index contributed by atoms with van der Waals surface area (Å²) in [6.07, 6.45) is 10.3. The lowest BCUT2D eigenvalue weighted by atomic mass is 10.1. The van der Waals surface area contributed by atoms with E-state index in [0.717, 1.165) is 61.7 Å². The lowest BCUT2D eigenvalue weighted by Gasteiger charge is -2.03. The molecule has 6 heterocycles. The second kappa shape index (κ2) is 6.83. The maximum atomic E-state index is 4.96. The highest BCUT2D eigenvalue weighted by molar-refractivity contribution is 7.13. The Balaban J connectivity index is 1.34. The molecule has 2 N–H and O–H groups in total. The van der Waals surface area contributed by atoms with Gasteiger partial charge in [-0.05, 0) is 60.5 Å². The fraction of sp³-hybridized carbons (Fsp3) is 0.120. The molecule has 32 heavy (non-hydrogen) atoms. The zero-order chi connectivity index (χ0) is 21.1. The Hall–Kier alpha value is -3.84. The van der Waals surface area contributed by atoms with E-state index in [9.17, 15) is 0 Å². The first-order chi connectivity index (χ1) is 15.8. The van der Waals surface area contributed by atoms with Crippen LogP contribution in [0.1, 0.15) is 18.5 Å². The Morgan fingerprint density at radius 1 is 1.06 bits per heavy atom. The quantitative estimate of drug-likeness (QED) is 0.366. The van der Waals surface area contributed by atoms with Crippen LogP contribution in [0.15, 0.2) is 70.7 Å². The van der Waals surface area contributed by atoms with Crippen molar-refractivity contribution >= 4 is 45.2 Å². The molecule has 154 valence electrons. The minimum atomic E-state index is 0.683. The van der Waals surface area contributed by atoms with Crippen molar-refractivity contribution in [2.24, 2.45) is 10.9 Å². The third kappa shape index (κ3) is 2.85. The first-order valence-electron chi connectivity index (χ1n) is 10.6. The number of nitrogens with zero attached hydrogens (tertiary/aromatic N) is 4. The average molecular weight is 435 g/mol. The predicted octanol–water partition coefficient (Wildman–Crippen LogP) is 5.99. The van der Waals surface area contributed by atoms with Gasteiger partial charge in [-0.15, -0.1) is 11.3 Å². The fourth-order valence-corrected chi connectivity index (χ4v) is 5.11. The predicted molar refractivity (Wildman–Crippen MR) is 130 cm³/mol. The summed E-state index contributed by atoms with van der Waals surface area (Å²) in [6, 6.07) is 12.3. The van der Waals surface area contributed by atoms with Crippen molar-refractivity contribution in [1.29, 1.82) is 0 Å². The van der Waals surface area contributed by atoms with Crippen LogP contribution in [0.25, 0.3) is 49.6 Å². The largest absolute Gasteiger partial charge is 0.353 e. The summed E-state index contributed by atoms with van der Waals surface area (Å²) in [6.45, 7) is 0. The van der Waals surface area contributed by atoms with Gasteiger partial charge in [0.2, 0.25) is 0 Å². The highest BCUT2D eigenvalue weighted by Crippen LogP contribution is 2.42. The molecule has 1 atom stereocenters. The number of H-pyrrole nitrogens is 2. The van der Waals surface area contributed by atoms with Crippen molar-refractivity contribution in [3.8, 4) is 22.0 Å². The number of aliphatic imine (C=N–C) groups is 1. The molecule has 5 aromatic rings. The minimum absolute atomic E-state index is 0.683. The summed E-state index contributed by atoms with van der Waals surface area (Å²) in [5, 5.41) is 10.9. The fourth-order valence-electron chi connectivity index (χ4n) is 4.38. The van der Waals surface area contributed by atoms with E-state index in [2.05, 4.69) is 54.8 Å². The summed E-state index contributed by atoms with van der Waals surface area (Å²) in [4.78, 5) is 18.9. The number of hydrogen-bond donors (Lipinski definition) is 2. The van der Waals surface area contributed by atoms with E-state index >= 15 is 0 Å². The van der Waals surface area contributed by atoms with Crippen LogP contribution in [0, 0.1) is 5.92 Å². The van der Waals surface area contributed by atoms with Gasteiger partial charge in [-0.3, -0.25) is 15.1 Å². The van der Waals surface area contributed by atoms with E-state index in [1.807, 2.05) is 36.7 Å². The Kier molecular flexibility index (Phi) is 3.80. The number of hydrogen-bond acceptors (Lipinski definition) is 5. The standard InChI is InChI=1S/C25H18N6S/c1-2-22(32-11-1)23-16-13-21(28-17(16)8-10-27-23)25-24-20(30-31-25)6-5-19(29-24)18-4-3-14-12-15(14)7-9-26-18/h1-2,4-11,13-14,28H,3,12H2,(H,30,31)/b15-7+,18-4-,26-9-/t14-/m1/s1. The Morgan fingerprint density at radius 2 is 2.06 bits per heavy atom. The van der Waals surface area contributed by atoms with Crippen LogP contribution in [-0.2, 0) is 0 Å². The van der Waals surface area contributed by atoms with E-state index < -0.39 is 0 Å². The summed E-state index contributed by atoms with van der Waals surface area (Å²) in [5.74, 6) is 0.683. The van der Waals surface area contributed by atoms with Gasteiger partial charge >= 0.3 is 0 Å². The van der Waals surface area contributed by atoms with Crippen molar-refractivity contribution in [3.63, 3.8) is 0 Å². The van der Waals surface area contributed by atoms with Crippen molar-refractivity contribution in [2.75, 3.05) is 0 Å². The summed E-state index contributed by atoms with van der Waals surface area (Å²) >= 11 is 1.69. The number of thiophene rings is 1. The van der Waals surface area contributed by atoms with Gasteiger partial charge in [0.05, 0.1) is 33.2 Å². The second-order valence-corrected chi connectivity index (χ2v) is 9.14. The SMILES string of the molecule is C1=N\C(c2ccc3[nH]nc(-c4cc5c(-c6cccs6)nccc5[nH]4)c3n2)=C/C[C@@H]2C\C2=C/1. The van der Waals surface area contributed by atoms with E-state index in [0.29, 0.717) is 5.92 Å². The molecule has 7 heteroatoms. The van der Waals surface area contributed by atoms with Gasteiger partial charge in [-0.25, -0.2) is 4.98 Å². The molecule has 0 aromatic carbocycles. The Labute approximate surface area is 187 Å². The molecule has 2 aliphatic rings. The number of fused-ring (bicyclic) bond motifs is 3. The van der Waals surface area contributed by atoms with E-state index in [1.165, 1.54) is 12.0 Å². The molecule has 6 nitrogen and oxygen atoms in total. The number of nitrogens with one attached hydrogen (secondary N) is 2. The third-order valence-electron chi connectivity index (χ3n) is 6.17. The molecule has 1 saturated carbocycles. The van der Waals surface area contributed by atoms with Crippen LogP contribution >= 0.6 is 11.3 Å². The molecule has 0 spiro atoms. The lowest BCUT2D eigenvalue weighted by Crippen LogP contribution is -1.91. The van der Waals surface area contributed by atoms with Gasteiger partial charge in [0, 0.05) is 23.3 Å². The van der Waals surface area contributed by atoms with Crippen LogP contribution < -0.4 is 0 Å². The molecule has 1 fully saturated rings. The number of rotatable bonds is 3. The molecule has 0 unspecified atom stereocenters. The lowest BCUT2D eigenvalue weighted by molar-refractivity contribution is 0.892. The summed E-state index contributed by atoms with van der Waals surface area (Å²) in [5.41, 5.74) is 8.75. The van der Waals surface area contributed by atoms with Crippen molar-refractivity contribution in [1.82, 2.24) is 25.1 Å².